The van der Waals surface area contributed by atoms with Gasteiger partial charge in [0, 0.05) is 25.6 Å². The fourth-order valence-electron chi connectivity index (χ4n) is 2.47. The van der Waals surface area contributed by atoms with E-state index in [0.29, 0.717) is 12.0 Å². The summed E-state index contributed by atoms with van der Waals surface area (Å²) in [7, 11) is 1.80. The van der Waals surface area contributed by atoms with E-state index >= 15 is 0 Å². The maximum atomic E-state index is 4.28. The van der Waals surface area contributed by atoms with E-state index < -0.39 is 0 Å². The summed E-state index contributed by atoms with van der Waals surface area (Å²) in [6, 6.07) is 21.5. The molecule has 0 bridgehead atoms. The Balaban J connectivity index is 0.00000264. The molecule has 124 valence electrons. The second-order valence-electron chi connectivity index (χ2n) is 5.63. The van der Waals surface area contributed by atoms with Crippen LogP contribution in [0.3, 0.4) is 0 Å². The Labute approximate surface area is 156 Å². The molecule has 0 fully saturated rings. The van der Waals surface area contributed by atoms with Gasteiger partial charge < -0.3 is 10.6 Å². The molecule has 0 heterocycles. The molecule has 0 aliphatic rings. The topological polar surface area (TPSA) is 36.4 Å². The summed E-state index contributed by atoms with van der Waals surface area (Å²) in [5.74, 6) is 1.14. The Kier molecular flexibility index (Phi) is 8.69. The van der Waals surface area contributed by atoms with E-state index in [4.69, 9.17) is 0 Å². The minimum Gasteiger partial charge on any atom is -0.355 e. The maximum Gasteiger partial charge on any atom is 0.191 e. The van der Waals surface area contributed by atoms with E-state index in [9.17, 15) is 0 Å². The van der Waals surface area contributed by atoms with Gasteiger partial charge in [-0.1, -0.05) is 60.7 Å². The third-order valence-corrected chi connectivity index (χ3v) is 3.53. The fraction of sp³-hybridized carbons (Fsp3) is 0.316. The molecule has 0 amide bonds. The Bertz CT molecular complexity index is 543. The predicted octanol–water partition coefficient (Wildman–Crippen LogP) is 4.01. The second-order valence-corrected chi connectivity index (χ2v) is 5.63. The molecule has 2 rings (SSSR count). The number of benzene rings is 2. The zero-order valence-corrected chi connectivity index (χ0v) is 16.3. The molecular weight excluding hydrogens is 397 g/mol. The van der Waals surface area contributed by atoms with Crippen LogP contribution in [0.4, 0.5) is 0 Å². The van der Waals surface area contributed by atoms with Crippen molar-refractivity contribution in [2.45, 2.75) is 25.8 Å². The summed E-state index contributed by atoms with van der Waals surface area (Å²) in [6.07, 6.45) is 0. The molecule has 0 aromatic heterocycles. The molecule has 0 spiro atoms. The fourth-order valence-corrected chi connectivity index (χ4v) is 2.47. The van der Waals surface area contributed by atoms with Crippen LogP contribution >= 0.6 is 24.0 Å². The summed E-state index contributed by atoms with van der Waals surface area (Å²) in [5, 5.41) is 6.76. The molecular formula is C19H26IN3. The Hall–Kier alpha value is -1.56. The van der Waals surface area contributed by atoms with Crippen molar-refractivity contribution in [2.24, 2.45) is 4.99 Å². The van der Waals surface area contributed by atoms with Gasteiger partial charge in [0.2, 0.25) is 0 Å². The van der Waals surface area contributed by atoms with Crippen molar-refractivity contribution in [3.63, 3.8) is 0 Å². The van der Waals surface area contributed by atoms with Crippen molar-refractivity contribution in [2.75, 3.05) is 13.6 Å². The lowest BCUT2D eigenvalue weighted by atomic mass is 9.91. The van der Waals surface area contributed by atoms with Gasteiger partial charge in [0.15, 0.2) is 5.96 Å². The lowest BCUT2D eigenvalue weighted by Gasteiger charge is -2.21. The number of hydrogen-bond donors (Lipinski definition) is 2. The van der Waals surface area contributed by atoms with Gasteiger partial charge in [-0.2, -0.15) is 0 Å². The molecule has 2 aromatic carbocycles. The summed E-state index contributed by atoms with van der Waals surface area (Å²) in [5.41, 5.74) is 2.61. The SMILES string of the molecule is CN=C(NCC(c1ccccc1)c1ccccc1)NC(C)C.I. The van der Waals surface area contributed by atoms with E-state index in [-0.39, 0.29) is 24.0 Å². The third kappa shape index (κ3) is 6.22. The Morgan fingerprint density at radius 1 is 0.913 bits per heavy atom. The highest BCUT2D eigenvalue weighted by atomic mass is 127. The molecule has 2 N–H and O–H groups in total. The monoisotopic (exact) mass is 423 g/mol. The van der Waals surface area contributed by atoms with Crippen molar-refractivity contribution < 1.29 is 0 Å². The number of halogens is 1. The van der Waals surface area contributed by atoms with Crippen LogP contribution in [0.15, 0.2) is 65.7 Å². The van der Waals surface area contributed by atoms with Crippen molar-refractivity contribution in [3.05, 3.63) is 71.8 Å². The van der Waals surface area contributed by atoms with Crippen LogP contribution < -0.4 is 10.6 Å². The molecule has 0 saturated heterocycles. The molecule has 23 heavy (non-hydrogen) atoms. The first-order chi connectivity index (χ1) is 10.7. The van der Waals surface area contributed by atoms with Gasteiger partial charge in [-0.25, -0.2) is 0 Å². The molecule has 0 radical (unpaired) electrons. The quantitative estimate of drug-likeness (QED) is 0.433. The van der Waals surface area contributed by atoms with Gasteiger partial charge in [-0.3, -0.25) is 4.99 Å². The first kappa shape index (κ1) is 19.5. The summed E-state index contributed by atoms with van der Waals surface area (Å²) >= 11 is 0. The molecule has 0 atom stereocenters. The molecule has 4 heteroatoms. The summed E-state index contributed by atoms with van der Waals surface area (Å²) in [6.45, 7) is 5.03. The maximum absolute atomic E-state index is 4.28. The van der Waals surface area contributed by atoms with Crippen molar-refractivity contribution in [1.29, 1.82) is 0 Å². The Morgan fingerprint density at radius 3 is 1.78 bits per heavy atom. The molecule has 3 nitrogen and oxygen atoms in total. The standard InChI is InChI=1S/C19H25N3.HI/c1-15(2)22-19(20-3)21-14-18(16-10-6-4-7-11-16)17-12-8-5-9-13-17;/h4-13,15,18H,14H2,1-3H3,(H2,20,21,22);1H. The molecule has 0 saturated carbocycles. The minimum absolute atomic E-state index is 0. The van der Waals surface area contributed by atoms with E-state index in [1.807, 2.05) is 0 Å². The Morgan fingerprint density at radius 2 is 1.39 bits per heavy atom. The van der Waals surface area contributed by atoms with Crippen molar-refractivity contribution >= 4 is 29.9 Å². The molecule has 0 aliphatic heterocycles. The van der Waals surface area contributed by atoms with Gasteiger partial charge in [-0.05, 0) is 25.0 Å². The lowest BCUT2D eigenvalue weighted by molar-refractivity contribution is 0.679. The highest BCUT2D eigenvalue weighted by Gasteiger charge is 2.14. The first-order valence-electron chi connectivity index (χ1n) is 7.77. The normalized spacial score (nSPS) is 11.3. The number of hydrogen-bond acceptors (Lipinski definition) is 1. The molecule has 0 aliphatic carbocycles. The largest absolute Gasteiger partial charge is 0.355 e. The smallest absolute Gasteiger partial charge is 0.191 e. The minimum atomic E-state index is 0. The highest BCUT2D eigenvalue weighted by molar-refractivity contribution is 14.0. The highest BCUT2D eigenvalue weighted by Crippen LogP contribution is 2.23. The number of aliphatic imine (C=N–C) groups is 1. The zero-order chi connectivity index (χ0) is 15.8. The van der Waals surface area contributed by atoms with E-state index in [2.05, 4.69) is 90.1 Å². The van der Waals surface area contributed by atoms with Crippen LogP contribution in [-0.4, -0.2) is 25.6 Å². The number of nitrogens with zero attached hydrogens (tertiary/aromatic N) is 1. The van der Waals surface area contributed by atoms with E-state index in [1.54, 1.807) is 7.05 Å². The summed E-state index contributed by atoms with van der Waals surface area (Å²) < 4.78 is 0. The van der Waals surface area contributed by atoms with Gasteiger partial charge in [-0.15, -0.1) is 24.0 Å². The van der Waals surface area contributed by atoms with Crippen LogP contribution in [0.5, 0.6) is 0 Å². The predicted molar refractivity (Wildman–Crippen MR) is 110 cm³/mol. The number of rotatable bonds is 5. The number of nitrogens with one attached hydrogen (secondary N) is 2. The molecule has 0 unspecified atom stereocenters. The third-order valence-electron chi connectivity index (χ3n) is 3.53. The summed E-state index contributed by atoms with van der Waals surface area (Å²) in [4.78, 5) is 4.28. The van der Waals surface area contributed by atoms with Crippen LogP contribution in [-0.2, 0) is 0 Å². The average molecular weight is 423 g/mol. The first-order valence-corrected chi connectivity index (χ1v) is 7.77. The van der Waals surface area contributed by atoms with Gasteiger partial charge in [0.1, 0.15) is 0 Å². The average Bonchev–Trinajstić information content (AvgIpc) is 2.55. The van der Waals surface area contributed by atoms with Crippen molar-refractivity contribution in [1.82, 2.24) is 10.6 Å². The van der Waals surface area contributed by atoms with Crippen molar-refractivity contribution in [3.8, 4) is 0 Å². The van der Waals surface area contributed by atoms with Gasteiger partial charge in [0.25, 0.3) is 0 Å². The molecule has 2 aromatic rings. The van der Waals surface area contributed by atoms with E-state index in [0.717, 1.165) is 12.5 Å². The van der Waals surface area contributed by atoms with Crippen LogP contribution in [0, 0.1) is 0 Å². The van der Waals surface area contributed by atoms with Gasteiger partial charge in [0.05, 0.1) is 0 Å². The van der Waals surface area contributed by atoms with Crippen LogP contribution in [0.2, 0.25) is 0 Å². The van der Waals surface area contributed by atoms with Crippen LogP contribution in [0.25, 0.3) is 0 Å². The zero-order valence-electron chi connectivity index (χ0n) is 14.0. The van der Waals surface area contributed by atoms with Crippen LogP contribution in [0.1, 0.15) is 30.9 Å². The lowest BCUT2D eigenvalue weighted by Crippen LogP contribution is -2.42. The second kappa shape index (κ2) is 10.3. The number of guanidine groups is 1. The van der Waals surface area contributed by atoms with Gasteiger partial charge >= 0.3 is 0 Å². The van der Waals surface area contributed by atoms with E-state index in [1.165, 1.54) is 11.1 Å².